The van der Waals surface area contributed by atoms with Gasteiger partial charge in [0.1, 0.15) is 0 Å². The Morgan fingerprint density at radius 2 is 2.18 bits per heavy atom. The maximum Gasteiger partial charge on any atom is 0.339 e. The molecule has 2 aromatic rings. The van der Waals surface area contributed by atoms with Gasteiger partial charge in [-0.1, -0.05) is 13.8 Å². The lowest BCUT2D eigenvalue weighted by atomic mass is 10.3. The number of ether oxygens (including phenoxy) is 1. The Kier molecular flexibility index (Phi) is 3.97. The predicted molar refractivity (Wildman–Crippen MR) is 60.0 cm³/mol. The molecule has 2 rings (SSSR count). The van der Waals surface area contributed by atoms with Gasteiger partial charge in [0.05, 0.1) is 12.7 Å². The van der Waals surface area contributed by atoms with Crippen LogP contribution in [-0.4, -0.2) is 27.7 Å². The molecule has 7 heteroatoms. The first-order valence-electron chi connectivity index (χ1n) is 5.01. The largest absolute Gasteiger partial charge is 0.465 e. The van der Waals surface area contributed by atoms with Crippen molar-refractivity contribution < 1.29 is 13.9 Å². The van der Waals surface area contributed by atoms with Crippen LogP contribution < -0.4 is 5.73 Å². The predicted octanol–water partition coefficient (Wildman–Crippen LogP) is 1.26. The summed E-state index contributed by atoms with van der Waals surface area (Å²) in [5.41, 5.74) is 5.31. The highest BCUT2D eigenvalue weighted by Crippen LogP contribution is 2.11. The monoisotopic (exact) mass is 240 g/mol. The van der Waals surface area contributed by atoms with Crippen LogP contribution in [0.25, 0.3) is 5.65 Å². The highest BCUT2D eigenvalue weighted by Gasteiger charge is 2.13. The molecule has 0 radical (unpaired) electrons. The number of rotatable bonds is 1. The lowest BCUT2D eigenvalue weighted by Crippen LogP contribution is -2.05. The van der Waals surface area contributed by atoms with E-state index >= 15 is 0 Å². The van der Waals surface area contributed by atoms with Gasteiger partial charge in [-0.2, -0.15) is 4.98 Å². The Morgan fingerprint density at radius 1 is 1.53 bits per heavy atom. The number of methoxy groups -OCH3 is 1. The quantitative estimate of drug-likeness (QED) is 0.759. The van der Waals surface area contributed by atoms with Crippen molar-refractivity contribution in [2.45, 2.75) is 13.8 Å². The van der Waals surface area contributed by atoms with E-state index in [1.807, 2.05) is 13.8 Å². The Balaban J connectivity index is 0.000000686. The van der Waals surface area contributed by atoms with Gasteiger partial charge in [0.15, 0.2) is 11.5 Å². The molecule has 0 aliphatic carbocycles. The molecule has 92 valence electrons. The molecule has 2 N–H and O–H groups in total. The van der Waals surface area contributed by atoms with Gasteiger partial charge in [0.25, 0.3) is 0 Å². The van der Waals surface area contributed by atoms with Gasteiger partial charge in [0.2, 0.25) is 5.95 Å². The molecule has 17 heavy (non-hydrogen) atoms. The number of fused-ring (bicyclic) bond motifs is 1. The maximum absolute atomic E-state index is 13.4. The van der Waals surface area contributed by atoms with Crippen molar-refractivity contribution in [3.8, 4) is 0 Å². The Morgan fingerprint density at radius 3 is 2.76 bits per heavy atom. The van der Waals surface area contributed by atoms with Crippen LogP contribution in [0.2, 0.25) is 0 Å². The third kappa shape index (κ3) is 2.49. The number of halogens is 1. The van der Waals surface area contributed by atoms with Gasteiger partial charge in [-0.15, -0.1) is 5.10 Å². The minimum atomic E-state index is -0.679. The van der Waals surface area contributed by atoms with Crippen LogP contribution in [0.4, 0.5) is 10.3 Å². The number of carbonyl (C=O) groups is 1. The third-order valence-electron chi connectivity index (χ3n) is 1.83. The SMILES string of the molecule is CC.COC(=O)c1cc(F)c2nc(N)nn2c1. The summed E-state index contributed by atoms with van der Waals surface area (Å²) in [5.74, 6) is -1.39. The van der Waals surface area contributed by atoms with E-state index in [-0.39, 0.29) is 17.2 Å². The highest BCUT2D eigenvalue weighted by atomic mass is 19.1. The molecule has 2 aromatic heterocycles. The number of pyridine rings is 1. The molecule has 0 unspecified atom stereocenters. The number of aromatic nitrogens is 3. The van der Waals surface area contributed by atoms with Crippen molar-refractivity contribution in [1.29, 1.82) is 0 Å². The van der Waals surface area contributed by atoms with Crippen molar-refractivity contribution in [1.82, 2.24) is 14.6 Å². The number of hydrogen-bond donors (Lipinski definition) is 1. The Hall–Kier alpha value is -2.18. The zero-order valence-electron chi connectivity index (χ0n) is 9.77. The molecule has 0 amide bonds. The number of carbonyl (C=O) groups excluding carboxylic acids is 1. The molecular formula is C10H13FN4O2. The van der Waals surface area contributed by atoms with Crippen LogP contribution in [0.3, 0.4) is 0 Å². The average Bonchev–Trinajstić information content (AvgIpc) is 2.71. The number of esters is 1. The van der Waals surface area contributed by atoms with E-state index in [0.717, 1.165) is 10.6 Å². The number of nitrogens with two attached hydrogens (primary N) is 1. The number of anilines is 1. The maximum atomic E-state index is 13.4. The summed E-state index contributed by atoms with van der Waals surface area (Å²) in [7, 11) is 1.21. The summed E-state index contributed by atoms with van der Waals surface area (Å²) in [6, 6.07) is 1.02. The van der Waals surface area contributed by atoms with E-state index in [0.29, 0.717) is 0 Å². The Bertz CT molecular complexity index is 538. The highest BCUT2D eigenvalue weighted by molar-refractivity contribution is 5.89. The van der Waals surface area contributed by atoms with E-state index in [9.17, 15) is 9.18 Å². The zero-order valence-corrected chi connectivity index (χ0v) is 9.77. The van der Waals surface area contributed by atoms with Crippen LogP contribution in [-0.2, 0) is 4.74 Å². The molecule has 0 spiro atoms. The van der Waals surface area contributed by atoms with Crippen LogP contribution >= 0.6 is 0 Å². The molecule has 0 saturated heterocycles. The molecule has 0 fully saturated rings. The fourth-order valence-corrected chi connectivity index (χ4v) is 1.19. The van der Waals surface area contributed by atoms with Crippen molar-refractivity contribution in [2.24, 2.45) is 0 Å². The lowest BCUT2D eigenvalue weighted by molar-refractivity contribution is 0.0599. The summed E-state index contributed by atoms with van der Waals surface area (Å²) in [5, 5.41) is 3.69. The third-order valence-corrected chi connectivity index (χ3v) is 1.83. The summed E-state index contributed by atoms with van der Waals surface area (Å²) in [6.07, 6.45) is 1.30. The minimum Gasteiger partial charge on any atom is -0.465 e. The van der Waals surface area contributed by atoms with Crippen LogP contribution in [0.1, 0.15) is 24.2 Å². The molecular weight excluding hydrogens is 227 g/mol. The standard InChI is InChI=1S/C8H7FN4O2.C2H6/c1-15-7(14)4-2-5(9)6-11-8(10)12-13(6)3-4;1-2/h2-3H,1H3,(H2,10,12);1-2H3. The van der Waals surface area contributed by atoms with Crippen molar-refractivity contribution >= 4 is 17.6 Å². The van der Waals surface area contributed by atoms with Gasteiger partial charge < -0.3 is 10.5 Å². The normalized spacial score (nSPS) is 9.65. The number of nitrogens with zero attached hydrogens (tertiary/aromatic N) is 3. The van der Waals surface area contributed by atoms with Gasteiger partial charge >= 0.3 is 5.97 Å². The molecule has 6 nitrogen and oxygen atoms in total. The van der Waals surface area contributed by atoms with E-state index in [1.54, 1.807) is 0 Å². The second-order valence-corrected chi connectivity index (χ2v) is 2.81. The lowest BCUT2D eigenvalue weighted by Gasteiger charge is -1.99. The topological polar surface area (TPSA) is 82.5 Å². The molecule has 0 aliphatic heterocycles. The number of hydrogen-bond acceptors (Lipinski definition) is 5. The van der Waals surface area contributed by atoms with Gasteiger partial charge in [-0.3, -0.25) is 0 Å². The molecule has 0 saturated carbocycles. The summed E-state index contributed by atoms with van der Waals surface area (Å²) in [4.78, 5) is 14.8. The van der Waals surface area contributed by atoms with Gasteiger partial charge in [0, 0.05) is 6.20 Å². The van der Waals surface area contributed by atoms with Crippen LogP contribution in [0.5, 0.6) is 0 Å². The van der Waals surface area contributed by atoms with Crippen LogP contribution in [0, 0.1) is 5.82 Å². The summed E-state index contributed by atoms with van der Waals surface area (Å²) in [6.45, 7) is 4.00. The molecule has 0 aromatic carbocycles. The van der Waals surface area contributed by atoms with E-state index in [1.165, 1.54) is 13.3 Å². The fourth-order valence-electron chi connectivity index (χ4n) is 1.19. The molecule has 0 bridgehead atoms. The van der Waals surface area contributed by atoms with Crippen molar-refractivity contribution in [3.05, 3.63) is 23.6 Å². The minimum absolute atomic E-state index is 0.0276. The second kappa shape index (κ2) is 5.24. The van der Waals surface area contributed by atoms with Gasteiger partial charge in [-0.25, -0.2) is 13.7 Å². The van der Waals surface area contributed by atoms with E-state index in [2.05, 4.69) is 14.8 Å². The van der Waals surface area contributed by atoms with Gasteiger partial charge in [-0.05, 0) is 6.07 Å². The molecule has 0 aliphatic rings. The van der Waals surface area contributed by atoms with E-state index < -0.39 is 11.8 Å². The smallest absolute Gasteiger partial charge is 0.339 e. The summed E-state index contributed by atoms with van der Waals surface area (Å²) >= 11 is 0. The van der Waals surface area contributed by atoms with E-state index in [4.69, 9.17) is 5.73 Å². The van der Waals surface area contributed by atoms with Crippen molar-refractivity contribution in [2.75, 3.05) is 12.8 Å². The first-order chi connectivity index (χ1) is 8.11. The summed E-state index contributed by atoms with van der Waals surface area (Å²) < 4.78 is 18.9. The molecule has 2 heterocycles. The molecule has 0 atom stereocenters. The van der Waals surface area contributed by atoms with Crippen molar-refractivity contribution in [3.63, 3.8) is 0 Å². The van der Waals surface area contributed by atoms with Crippen LogP contribution in [0.15, 0.2) is 12.3 Å². The number of nitrogen functional groups attached to an aromatic ring is 1. The fraction of sp³-hybridized carbons (Fsp3) is 0.300. The average molecular weight is 240 g/mol. The zero-order chi connectivity index (χ0) is 13.0. The first-order valence-corrected chi connectivity index (χ1v) is 5.01. The Labute approximate surface area is 97.2 Å². The second-order valence-electron chi connectivity index (χ2n) is 2.81. The first kappa shape index (κ1) is 12.9.